The molecule has 1 aromatic rings. The van der Waals surface area contributed by atoms with E-state index < -0.39 is 0 Å². The molecule has 2 saturated carbocycles. The van der Waals surface area contributed by atoms with Gasteiger partial charge in [-0.2, -0.15) is 0 Å². The Morgan fingerprint density at radius 2 is 2.29 bits per heavy atom. The van der Waals surface area contributed by atoms with Crippen LogP contribution in [-0.4, -0.2) is 9.55 Å². The number of imidazole rings is 1. The monoisotopic (exact) mass is 208 g/mol. The Bertz CT molecular complexity index is 407. The summed E-state index contributed by atoms with van der Waals surface area (Å²) >= 11 is 5.28. The van der Waals surface area contributed by atoms with Crippen molar-refractivity contribution >= 4 is 12.2 Å². The van der Waals surface area contributed by atoms with Crippen molar-refractivity contribution in [2.45, 2.75) is 39.2 Å². The molecular weight excluding hydrogens is 192 g/mol. The van der Waals surface area contributed by atoms with E-state index in [-0.39, 0.29) is 0 Å². The van der Waals surface area contributed by atoms with Crippen LogP contribution in [0, 0.1) is 23.0 Å². The molecule has 2 nitrogen and oxygen atoms in total. The van der Waals surface area contributed by atoms with Crippen molar-refractivity contribution in [2.75, 3.05) is 0 Å². The lowest BCUT2D eigenvalue weighted by Crippen LogP contribution is -2.14. The van der Waals surface area contributed by atoms with E-state index in [4.69, 9.17) is 12.2 Å². The van der Waals surface area contributed by atoms with Gasteiger partial charge in [-0.05, 0) is 56.2 Å². The number of nitrogens with zero attached hydrogens (tertiary/aromatic N) is 1. The molecule has 0 bridgehead atoms. The lowest BCUT2D eigenvalue weighted by molar-refractivity contribution is 0.364. The number of H-pyrrole nitrogens is 1. The molecule has 1 N–H and O–H groups in total. The molecule has 3 rings (SSSR count). The van der Waals surface area contributed by atoms with Crippen LogP contribution < -0.4 is 0 Å². The Hall–Kier alpha value is -0.570. The van der Waals surface area contributed by atoms with Gasteiger partial charge in [-0.25, -0.2) is 0 Å². The van der Waals surface area contributed by atoms with Crippen LogP contribution in [0.25, 0.3) is 0 Å². The summed E-state index contributed by atoms with van der Waals surface area (Å²) in [6, 6.07) is 0. The Balaban J connectivity index is 1.87. The second kappa shape index (κ2) is 2.72. The summed E-state index contributed by atoms with van der Waals surface area (Å²) in [5, 5.41) is 0. The van der Waals surface area contributed by atoms with Crippen LogP contribution in [0.2, 0.25) is 0 Å². The minimum atomic E-state index is 0.644. The van der Waals surface area contributed by atoms with Crippen LogP contribution in [-0.2, 0) is 6.54 Å². The number of aromatic nitrogens is 2. The van der Waals surface area contributed by atoms with Crippen LogP contribution in [0.15, 0.2) is 6.20 Å². The van der Waals surface area contributed by atoms with Crippen molar-refractivity contribution in [3.63, 3.8) is 0 Å². The maximum atomic E-state index is 5.28. The number of aromatic amines is 1. The average molecular weight is 208 g/mol. The van der Waals surface area contributed by atoms with E-state index in [1.54, 1.807) is 0 Å². The fraction of sp³-hybridized carbons (Fsp3) is 0.727. The molecule has 1 aromatic heterocycles. The summed E-state index contributed by atoms with van der Waals surface area (Å²) in [6.45, 7) is 3.29. The molecule has 2 aliphatic rings. The highest BCUT2D eigenvalue weighted by Gasteiger charge is 2.53. The van der Waals surface area contributed by atoms with E-state index in [0.29, 0.717) is 5.41 Å². The molecule has 0 atom stereocenters. The zero-order valence-corrected chi connectivity index (χ0v) is 9.36. The summed E-state index contributed by atoms with van der Waals surface area (Å²) in [5.41, 5.74) is 1.92. The molecular formula is C11H16N2S. The minimum Gasteiger partial charge on any atom is -0.337 e. The smallest absolute Gasteiger partial charge is 0.177 e. The van der Waals surface area contributed by atoms with Gasteiger partial charge in [0, 0.05) is 18.4 Å². The van der Waals surface area contributed by atoms with Crippen molar-refractivity contribution in [1.82, 2.24) is 9.55 Å². The third kappa shape index (κ3) is 1.26. The number of aryl methyl sites for hydroxylation is 1. The first-order chi connectivity index (χ1) is 6.71. The Labute approximate surface area is 89.3 Å². The number of rotatable bonds is 3. The van der Waals surface area contributed by atoms with Gasteiger partial charge >= 0.3 is 0 Å². The van der Waals surface area contributed by atoms with Crippen LogP contribution in [0.4, 0.5) is 0 Å². The molecule has 2 aliphatic carbocycles. The van der Waals surface area contributed by atoms with E-state index in [2.05, 4.69) is 16.5 Å². The van der Waals surface area contributed by atoms with Crippen molar-refractivity contribution in [3.8, 4) is 0 Å². The summed E-state index contributed by atoms with van der Waals surface area (Å²) < 4.78 is 3.18. The van der Waals surface area contributed by atoms with Gasteiger partial charge < -0.3 is 9.55 Å². The Kier molecular flexibility index (Phi) is 1.69. The zero-order valence-electron chi connectivity index (χ0n) is 8.55. The fourth-order valence-electron chi connectivity index (χ4n) is 2.55. The van der Waals surface area contributed by atoms with Crippen molar-refractivity contribution < 1.29 is 0 Å². The lowest BCUT2D eigenvalue weighted by Gasteiger charge is -2.15. The topological polar surface area (TPSA) is 20.7 Å². The molecule has 0 spiro atoms. The van der Waals surface area contributed by atoms with Gasteiger partial charge in [0.1, 0.15) is 0 Å². The third-order valence-corrected chi connectivity index (χ3v) is 4.22. The first-order valence-corrected chi connectivity index (χ1v) is 5.87. The maximum absolute atomic E-state index is 5.28. The molecule has 0 saturated heterocycles. The fourth-order valence-corrected chi connectivity index (χ4v) is 2.81. The number of hydrogen-bond acceptors (Lipinski definition) is 1. The van der Waals surface area contributed by atoms with Crippen molar-refractivity contribution in [2.24, 2.45) is 11.3 Å². The van der Waals surface area contributed by atoms with E-state index in [1.165, 1.54) is 31.4 Å². The summed E-state index contributed by atoms with van der Waals surface area (Å²) in [6.07, 6.45) is 7.77. The second-order valence-corrected chi connectivity index (χ2v) is 5.34. The summed E-state index contributed by atoms with van der Waals surface area (Å²) in [7, 11) is 0. The second-order valence-electron chi connectivity index (χ2n) is 4.96. The maximum Gasteiger partial charge on any atom is 0.177 e. The van der Waals surface area contributed by atoms with Gasteiger partial charge in [-0.3, -0.25) is 0 Å². The van der Waals surface area contributed by atoms with Crippen molar-refractivity contribution in [1.29, 1.82) is 0 Å². The summed E-state index contributed by atoms with van der Waals surface area (Å²) in [4.78, 5) is 3.12. The number of hydrogen-bond donors (Lipinski definition) is 1. The molecule has 76 valence electrons. The van der Waals surface area contributed by atoms with Gasteiger partial charge in [-0.15, -0.1) is 0 Å². The highest BCUT2D eigenvalue weighted by Crippen LogP contribution is 2.62. The van der Waals surface area contributed by atoms with E-state index in [9.17, 15) is 0 Å². The minimum absolute atomic E-state index is 0.644. The van der Waals surface area contributed by atoms with E-state index >= 15 is 0 Å². The van der Waals surface area contributed by atoms with Crippen LogP contribution in [0.5, 0.6) is 0 Å². The Morgan fingerprint density at radius 3 is 2.71 bits per heavy atom. The molecule has 0 aliphatic heterocycles. The predicted molar refractivity (Wildman–Crippen MR) is 58.7 cm³/mol. The molecule has 0 radical (unpaired) electrons. The van der Waals surface area contributed by atoms with E-state index in [1.807, 2.05) is 6.20 Å². The molecule has 0 aromatic carbocycles. The molecule has 1 heterocycles. The van der Waals surface area contributed by atoms with Gasteiger partial charge in [-0.1, -0.05) is 0 Å². The highest BCUT2D eigenvalue weighted by atomic mass is 32.1. The van der Waals surface area contributed by atoms with Crippen LogP contribution >= 0.6 is 12.2 Å². The normalized spacial score (nSPS) is 23.8. The van der Waals surface area contributed by atoms with Crippen LogP contribution in [0.3, 0.4) is 0 Å². The molecule has 0 unspecified atom stereocenters. The largest absolute Gasteiger partial charge is 0.337 e. The third-order valence-electron chi connectivity index (χ3n) is 3.88. The molecule has 0 amide bonds. The first kappa shape index (κ1) is 8.72. The Morgan fingerprint density at radius 1 is 1.57 bits per heavy atom. The highest BCUT2D eigenvalue weighted by molar-refractivity contribution is 7.71. The predicted octanol–water partition coefficient (Wildman–Crippen LogP) is 3.04. The number of nitrogens with one attached hydrogen (secondary N) is 1. The van der Waals surface area contributed by atoms with Gasteiger partial charge in [0.25, 0.3) is 0 Å². The quantitative estimate of drug-likeness (QED) is 0.757. The lowest BCUT2D eigenvalue weighted by atomic mass is 10.0. The van der Waals surface area contributed by atoms with Gasteiger partial charge in [0.2, 0.25) is 0 Å². The first-order valence-electron chi connectivity index (χ1n) is 5.46. The van der Waals surface area contributed by atoms with Crippen LogP contribution in [0.1, 0.15) is 31.4 Å². The van der Waals surface area contributed by atoms with Crippen molar-refractivity contribution in [3.05, 3.63) is 16.7 Å². The van der Waals surface area contributed by atoms with Gasteiger partial charge in [0.15, 0.2) is 4.77 Å². The molecule has 2 fully saturated rings. The van der Waals surface area contributed by atoms with Gasteiger partial charge in [0.05, 0.1) is 0 Å². The molecule has 3 heteroatoms. The van der Waals surface area contributed by atoms with E-state index in [0.717, 1.165) is 17.2 Å². The SMILES string of the molecule is Cc1c[nH]c(=S)n1CC1(C2CC2)CC1. The average Bonchev–Trinajstić information content (AvgIpc) is 3.00. The molecule has 14 heavy (non-hydrogen) atoms. The zero-order chi connectivity index (χ0) is 9.76. The standard InChI is InChI=1S/C11H16N2S/c1-8-6-12-10(14)13(8)7-11(4-5-11)9-2-3-9/h6,9H,2-5,7H2,1H3,(H,12,14). The summed E-state index contributed by atoms with van der Waals surface area (Å²) in [5.74, 6) is 1.01.